The van der Waals surface area contributed by atoms with Crippen molar-refractivity contribution >= 4 is 52.9 Å². The van der Waals surface area contributed by atoms with Crippen LogP contribution in [0.5, 0.6) is 0 Å². The minimum atomic E-state index is -2.91. The zero-order chi connectivity index (χ0) is 16.6. The second-order valence-corrected chi connectivity index (χ2v) is 9.66. The van der Waals surface area contributed by atoms with Gasteiger partial charge in [0.15, 0.2) is 11.5 Å². The maximum Gasteiger partial charge on any atom is 0.479 e. The van der Waals surface area contributed by atoms with Gasteiger partial charge in [-0.15, -0.1) is 16.1 Å². The Kier molecular flexibility index (Phi) is 10.1. The molecule has 1 unspecified atom stereocenters. The fourth-order valence-electron chi connectivity index (χ4n) is 1.03. The molecule has 21 heavy (non-hydrogen) atoms. The standard InChI is InChI=1S/C9H20N3O5PS3/c1-7-12(18(19,15-4)16-5)21(14)11(3)9(13)17-10-8(2)20-6/h7H2,1-6H3. The molecule has 0 spiro atoms. The second kappa shape index (κ2) is 10.0. The number of hydrogen-bond donors (Lipinski definition) is 0. The summed E-state index contributed by atoms with van der Waals surface area (Å²) < 4.78 is 24.8. The van der Waals surface area contributed by atoms with Gasteiger partial charge in [0.05, 0.1) is 13.6 Å². The van der Waals surface area contributed by atoms with E-state index in [1.807, 2.05) is 0 Å². The molecule has 0 aromatic heterocycles. The van der Waals surface area contributed by atoms with Crippen LogP contribution in [0.2, 0.25) is 0 Å². The molecule has 0 rings (SSSR count). The summed E-state index contributed by atoms with van der Waals surface area (Å²) in [5.74, 6) is 0. The van der Waals surface area contributed by atoms with E-state index in [0.717, 1.165) is 4.31 Å². The van der Waals surface area contributed by atoms with Crippen molar-refractivity contribution in [1.29, 1.82) is 0 Å². The summed E-state index contributed by atoms with van der Waals surface area (Å²) in [5.41, 5.74) is 0. The van der Waals surface area contributed by atoms with Gasteiger partial charge in [0.2, 0.25) is 0 Å². The predicted octanol–water partition coefficient (Wildman–Crippen LogP) is 2.17. The average molecular weight is 377 g/mol. The number of thioether (sulfide) groups is 1. The Balaban J connectivity index is 4.99. The molecule has 8 nitrogen and oxygen atoms in total. The predicted molar refractivity (Wildman–Crippen MR) is 89.7 cm³/mol. The van der Waals surface area contributed by atoms with Crippen LogP contribution >= 0.6 is 18.4 Å². The number of amides is 1. The van der Waals surface area contributed by atoms with Gasteiger partial charge in [0.1, 0.15) is 5.04 Å². The van der Waals surface area contributed by atoms with Gasteiger partial charge in [-0.05, 0) is 36.0 Å². The monoisotopic (exact) mass is 377 g/mol. The van der Waals surface area contributed by atoms with Crippen LogP contribution in [0.25, 0.3) is 0 Å². The van der Waals surface area contributed by atoms with Crippen LogP contribution in [-0.4, -0.2) is 58.1 Å². The van der Waals surface area contributed by atoms with Crippen molar-refractivity contribution in [3.63, 3.8) is 0 Å². The van der Waals surface area contributed by atoms with Crippen molar-refractivity contribution in [3.05, 3.63) is 0 Å². The lowest BCUT2D eigenvalue weighted by molar-refractivity contribution is 0.133. The molecule has 0 aliphatic carbocycles. The van der Waals surface area contributed by atoms with E-state index in [2.05, 4.69) is 9.99 Å². The van der Waals surface area contributed by atoms with Crippen LogP contribution in [0.1, 0.15) is 13.8 Å². The Morgan fingerprint density at radius 1 is 1.48 bits per heavy atom. The van der Waals surface area contributed by atoms with E-state index in [4.69, 9.17) is 20.9 Å². The Morgan fingerprint density at radius 3 is 2.38 bits per heavy atom. The van der Waals surface area contributed by atoms with Gasteiger partial charge in [-0.3, -0.25) is 4.84 Å². The zero-order valence-corrected chi connectivity index (χ0v) is 16.1. The number of oxime groups is 1. The first-order valence-corrected chi connectivity index (χ1v) is 10.6. The molecular formula is C9H20N3O5PS3. The Morgan fingerprint density at radius 2 is 2.00 bits per heavy atom. The van der Waals surface area contributed by atoms with E-state index < -0.39 is 24.3 Å². The lowest BCUT2D eigenvalue weighted by Gasteiger charge is -2.31. The summed E-state index contributed by atoms with van der Waals surface area (Å²) in [6, 6.07) is 0. The molecule has 0 aliphatic rings. The van der Waals surface area contributed by atoms with E-state index >= 15 is 0 Å². The molecule has 0 radical (unpaired) electrons. The minimum Gasteiger partial charge on any atom is -0.573 e. The highest BCUT2D eigenvalue weighted by atomic mass is 32.5. The van der Waals surface area contributed by atoms with Crippen LogP contribution in [0.3, 0.4) is 0 Å². The van der Waals surface area contributed by atoms with E-state index in [9.17, 15) is 9.35 Å². The summed E-state index contributed by atoms with van der Waals surface area (Å²) >= 11 is 4.64. The quantitative estimate of drug-likeness (QED) is 0.167. The van der Waals surface area contributed by atoms with Crippen LogP contribution < -0.4 is 0 Å². The molecule has 0 aromatic rings. The van der Waals surface area contributed by atoms with Gasteiger partial charge in [-0.1, -0.05) is 5.16 Å². The maximum atomic E-state index is 12.4. The van der Waals surface area contributed by atoms with Gasteiger partial charge in [-0.25, -0.2) is 4.79 Å². The van der Waals surface area contributed by atoms with Gasteiger partial charge in [0.25, 0.3) is 0 Å². The van der Waals surface area contributed by atoms with Crippen LogP contribution in [0, 0.1) is 0 Å². The van der Waals surface area contributed by atoms with Crippen LogP contribution in [-0.2, 0) is 37.2 Å². The summed E-state index contributed by atoms with van der Waals surface area (Å²) in [6.07, 6.45) is 0.926. The van der Waals surface area contributed by atoms with Gasteiger partial charge in [-0.2, -0.15) is 0 Å². The molecule has 0 bridgehead atoms. The van der Waals surface area contributed by atoms with Crippen LogP contribution in [0.15, 0.2) is 5.16 Å². The largest absolute Gasteiger partial charge is 0.573 e. The van der Waals surface area contributed by atoms with Crippen molar-refractivity contribution in [2.75, 3.05) is 34.1 Å². The highest BCUT2D eigenvalue weighted by molar-refractivity contribution is 8.13. The Bertz CT molecular complexity index is 417. The summed E-state index contributed by atoms with van der Waals surface area (Å²) in [5, 5.41) is 4.15. The smallest absolute Gasteiger partial charge is 0.479 e. The minimum absolute atomic E-state index is 0.274. The molecule has 12 heteroatoms. The third-order valence-corrected chi connectivity index (χ3v) is 8.74. The molecule has 0 saturated carbocycles. The van der Waals surface area contributed by atoms with Crippen molar-refractivity contribution in [2.24, 2.45) is 5.16 Å². The first-order valence-electron chi connectivity index (χ1n) is 5.72. The van der Waals surface area contributed by atoms with Crippen molar-refractivity contribution in [1.82, 2.24) is 8.38 Å². The number of hydrogen-bond acceptors (Lipinski definition) is 8. The molecule has 0 aromatic carbocycles. The summed E-state index contributed by atoms with van der Waals surface area (Å²) in [4.78, 5) is 16.5. The second-order valence-electron chi connectivity index (χ2n) is 3.40. The van der Waals surface area contributed by atoms with E-state index in [1.165, 1.54) is 37.1 Å². The Labute approximate surface area is 137 Å². The first-order chi connectivity index (χ1) is 9.77. The third-order valence-electron chi connectivity index (χ3n) is 2.22. The van der Waals surface area contributed by atoms with Gasteiger partial charge in [0, 0.05) is 14.2 Å². The molecule has 124 valence electrons. The first kappa shape index (κ1) is 21.1. The highest BCUT2D eigenvalue weighted by Gasteiger charge is 2.40. The van der Waals surface area contributed by atoms with Crippen molar-refractivity contribution < 1.29 is 23.2 Å². The number of nitrogens with zero attached hydrogens (tertiary/aromatic N) is 3. The number of carbonyl (C=O) groups is 1. The molecule has 0 heterocycles. The molecule has 0 saturated heterocycles. The van der Waals surface area contributed by atoms with E-state index in [0.29, 0.717) is 5.04 Å². The molecule has 0 fully saturated rings. The summed E-state index contributed by atoms with van der Waals surface area (Å²) in [7, 11) is 4.05. The highest BCUT2D eigenvalue weighted by Crippen LogP contribution is 2.52. The molecule has 1 amide bonds. The lowest BCUT2D eigenvalue weighted by atomic mass is 10.8. The van der Waals surface area contributed by atoms with Crippen LogP contribution in [0.4, 0.5) is 4.79 Å². The SMILES string of the molecule is CCN([S+]([O-])N(C)C(=O)ON=C(C)SC)P(=S)(OC)OC. The molecule has 1 atom stereocenters. The van der Waals surface area contributed by atoms with E-state index in [1.54, 1.807) is 20.1 Å². The zero-order valence-electron chi connectivity index (χ0n) is 12.8. The average Bonchev–Trinajstić information content (AvgIpc) is 2.51. The van der Waals surface area contributed by atoms with E-state index in [-0.39, 0.29) is 6.54 Å². The topological polar surface area (TPSA) is 86.7 Å². The van der Waals surface area contributed by atoms with Gasteiger partial charge < -0.3 is 13.6 Å². The van der Waals surface area contributed by atoms with Gasteiger partial charge >= 0.3 is 12.7 Å². The lowest BCUT2D eigenvalue weighted by Crippen LogP contribution is -2.43. The third kappa shape index (κ3) is 6.03. The molecule has 0 N–H and O–H groups in total. The molecule has 0 aliphatic heterocycles. The fraction of sp³-hybridized carbons (Fsp3) is 0.778. The van der Waals surface area contributed by atoms with Crippen molar-refractivity contribution in [2.45, 2.75) is 13.8 Å². The van der Waals surface area contributed by atoms with Crippen molar-refractivity contribution in [3.8, 4) is 0 Å². The normalized spacial score (nSPS) is 14.2. The Hall–Kier alpha value is 0.130. The summed E-state index contributed by atoms with van der Waals surface area (Å²) in [6.45, 7) is 0.778. The number of carbonyl (C=O) groups excluding carboxylic acids is 1. The fourth-order valence-corrected chi connectivity index (χ4v) is 4.94. The molecular weight excluding hydrogens is 357 g/mol. The maximum absolute atomic E-state index is 12.4. The number of rotatable bonds is 7.